The molecule has 3 aromatic rings. The summed E-state index contributed by atoms with van der Waals surface area (Å²) in [5.74, 6) is 1.15. The number of hydrogen-bond acceptors (Lipinski definition) is 5. The van der Waals surface area contributed by atoms with Crippen LogP contribution in [-0.2, 0) is 0 Å². The van der Waals surface area contributed by atoms with Gasteiger partial charge in [-0.1, -0.05) is 29.5 Å². The number of nitrogens with one attached hydrogen (secondary N) is 1. The van der Waals surface area contributed by atoms with Gasteiger partial charge >= 0.3 is 0 Å². The molecule has 1 heterocycles. The zero-order valence-corrected chi connectivity index (χ0v) is 12.9. The maximum Gasteiger partial charge on any atom is 0.257 e. The van der Waals surface area contributed by atoms with Crippen LogP contribution in [0.1, 0.15) is 10.4 Å². The molecule has 0 atom stereocenters. The number of ether oxygens (including phenoxy) is 2. The molecule has 0 saturated carbocycles. The molecule has 0 fully saturated rings. The number of fused-ring (bicyclic) bond motifs is 1. The van der Waals surface area contributed by atoms with E-state index in [-0.39, 0.29) is 5.91 Å². The van der Waals surface area contributed by atoms with Crippen LogP contribution < -0.4 is 14.8 Å². The number of thiazole rings is 1. The average Bonchev–Trinajstić information content (AvgIpc) is 2.96. The standard InChI is InChI=1S/C16H14N2O3S/c1-20-11-8-12-14(13(9-11)21-2)22-16(17-12)18-15(19)10-6-4-3-5-7-10/h3-9H,1-2H3,(H,17,18,19). The number of rotatable bonds is 4. The molecule has 22 heavy (non-hydrogen) atoms. The van der Waals surface area contributed by atoms with Crippen molar-refractivity contribution >= 4 is 32.6 Å². The highest BCUT2D eigenvalue weighted by Gasteiger charge is 2.13. The maximum atomic E-state index is 12.2. The van der Waals surface area contributed by atoms with Gasteiger partial charge in [0.25, 0.3) is 5.91 Å². The van der Waals surface area contributed by atoms with Gasteiger partial charge in [-0.25, -0.2) is 4.98 Å². The third kappa shape index (κ3) is 2.73. The Balaban J connectivity index is 1.94. The van der Waals surface area contributed by atoms with Crippen molar-refractivity contribution in [2.75, 3.05) is 19.5 Å². The van der Waals surface area contributed by atoms with Crippen LogP contribution in [0.5, 0.6) is 11.5 Å². The molecule has 0 bridgehead atoms. The summed E-state index contributed by atoms with van der Waals surface area (Å²) in [7, 11) is 3.18. The van der Waals surface area contributed by atoms with Gasteiger partial charge in [-0.2, -0.15) is 0 Å². The highest BCUT2D eigenvalue weighted by Crippen LogP contribution is 2.37. The molecule has 3 rings (SSSR count). The highest BCUT2D eigenvalue weighted by atomic mass is 32.1. The van der Waals surface area contributed by atoms with E-state index in [4.69, 9.17) is 9.47 Å². The van der Waals surface area contributed by atoms with Crippen LogP contribution in [0.4, 0.5) is 5.13 Å². The lowest BCUT2D eigenvalue weighted by Gasteiger charge is -2.03. The molecule has 5 nitrogen and oxygen atoms in total. The molecule has 1 N–H and O–H groups in total. The van der Waals surface area contributed by atoms with Crippen molar-refractivity contribution < 1.29 is 14.3 Å². The minimum atomic E-state index is -0.189. The normalized spacial score (nSPS) is 10.5. The van der Waals surface area contributed by atoms with Crippen molar-refractivity contribution in [1.29, 1.82) is 0 Å². The Morgan fingerprint density at radius 2 is 1.91 bits per heavy atom. The topological polar surface area (TPSA) is 60.5 Å². The number of hydrogen-bond donors (Lipinski definition) is 1. The van der Waals surface area contributed by atoms with E-state index in [2.05, 4.69) is 10.3 Å². The van der Waals surface area contributed by atoms with E-state index in [9.17, 15) is 4.79 Å². The van der Waals surface area contributed by atoms with Crippen molar-refractivity contribution in [1.82, 2.24) is 4.98 Å². The molecule has 0 spiro atoms. The second-order valence-electron chi connectivity index (χ2n) is 4.52. The molecular weight excluding hydrogens is 300 g/mol. The van der Waals surface area contributed by atoms with Gasteiger partial charge < -0.3 is 9.47 Å². The molecule has 0 aliphatic carbocycles. The quantitative estimate of drug-likeness (QED) is 0.800. The lowest BCUT2D eigenvalue weighted by molar-refractivity contribution is 0.102. The first-order valence-corrected chi connectivity index (χ1v) is 7.42. The predicted molar refractivity (Wildman–Crippen MR) is 87.1 cm³/mol. The Morgan fingerprint density at radius 1 is 1.14 bits per heavy atom. The van der Waals surface area contributed by atoms with Gasteiger partial charge in [0.15, 0.2) is 5.13 Å². The number of amides is 1. The zero-order valence-electron chi connectivity index (χ0n) is 12.1. The van der Waals surface area contributed by atoms with Crippen molar-refractivity contribution in [3.63, 3.8) is 0 Å². The average molecular weight is 314 g/mol. The summed E-state index contributed by atoms with van der Waals surface area (Å²) in [4.78, 5) is 16.6. The second kappa shape index (κ2) is 6.03. The fourth-order valence-electron chi connectivity index (χ4n) is 2.06. The molecule has 0 aliphatic rings. The third-order valence-corrected chi connectivity index (χ3v) is 4.14. The molecule has 0 radical (unpaired) electrons. The van der Waals surface area contributed by atoms with Crippen molar-refractivity contribution in [2.24, 2.45) is 0 Å². The van der Waals surface area contributed by atoms with Crippen LogP contribution in [-0.4, -0.2) is 25.1 Å². The summed E-state index contributed by atoms with van der Waals surface area (Å²) < 4.78 is 11.4. The summed E-state index contributed by atoms with van der Waals surface area (Å²) in [6.07, 6.45) is 0. The molecule has 0 unspecified atom stereocenters. The molecule has 1 aromatic heterocycles. The van der Waals surface area contributed by atoms with Gasteiger partial charge in [0.1, 0.15) is 11.5 Å². The molecule has 0 aliphatic heterocycles. The molecule has 1 amide bonds. The number of nitrogens with zero attached hydrogens (tertiary/aromatic N) is 1. The smallest absolute Gasteiger partial charge is 0.257 e. The van der Waals surface area contributed by atoms with E-state index in [0.717, 1.165) is 10.2 Å². The van der Waals surface area contributed by atoms with Gasteiger partial charge in [0, 0.05) is 17.7 Å². The number of carbonyl (C=O) groups excluding carboxylic acids is 1. The first kappa shape index (κ1) is 14.3. The van der Waals surface area contributed by atoms with Gasteiger partial charge in [0.2, 0.25) is 0 Å². The van der Waals surface area contributed by atoms with Gasteiger partial charge in [0.05, 0.1) is 24.4 Å². The summed E-state index contributed by atoms with van der Waals surface area (Å²) >= 11 is 1.37. The number of aromatic nitrogens is 1. The number of carbonyl (C=O) groups is 1. The Kier molecular flexibility index (Phi) is 3.93. The predicted octanol–water partition coefficient (Wildman–Crippen LogP) is 3.57. The molecule has 0 saturated heterocycles. The fourth-order valence-corrected chi connectivity index (χ4v) is 2.99. The van der Waals surface area contributed by atoms with Crippen LogP contribution in [0.3, 0.4) is 0 Å². The molecule has 2 aromatic carbocycles. The zero-order chi connectivity index (χ0) is 15.5. The molecule has 112 valence electrons. The Hall–Kier alpha value is -2.60. The van der Waals surface area contributed by atoms with Crippen LogP contribution in [0, 0.1) is 0 Å². The van der Waals surface area contributed by atoms with Crippen molar-refractivity contribution in [3.8, 4) is 11.5 Å². The van der Waals surface area contributed by atoms with Gasteiger partial charge in [-0.15, -0.1) is 0 Å². The van der Waals surface area contributed by atoms with E-state index in [1.807, 2.05) is 24.3 Å². The Morgan fingerprint density at radius 3 is 2.59 bits per heavy atom. The SMILES string of the molecule is COc1cc(OC)c2sc(NC(=O)c3ccccc3)nc2c1. The largest absolute Gasteiger partial charge is 0.497 e. The summed E-state index contributed by atoms with van der Waals surface area (Å²) in [6.45, 7) is 0. The minimum Gasteiger partial charge on any atom is -0.497 e. The van der Waals surface area contributed by atoms with Crippen LogP contribution in [0.15, 0.2) is 42.5 Å². The van der Waals surface area contributed by atoms with Gasteiger partial charge in [-0.05, 0) is 12.1 Å². The Labute approximate surface area is 131 Å². The first-order valence-electron chi connectivity index (χ1n) is 6.60. The second-order valence-corrected chi connectivity index (χ2v) is 5.52. The minimum absolute atomic E-state index is 0.189. The summed E-state index contributed by atoms with van der Waals surface area (Å²) in [5.41, 5.74) is 1.32. The van der Waals surface area contributed by atoms with E-state index < -0.39 is 0 Å². The lowest BCUT2D eigenvalue weighted by atomic mass is 10.2. The van der Waals surface area contributed by atoms with E-state index in [0.29, 0.717) is 22.2 Å². The van der Waals surface area contributed by atoms with Crippen molar-refractivity contribution in [2.45, 2.75) is 0 Å². The van der Waals surface area contributed by atoms with E-state index >= 15 is 0 Å². The lowest BCUT2D eigenvalue weighted by Crippen LogP contribution is -2.11. The third-order valence-electron chi connectivity index (χ3n) is 3.14. The van der Waals surface area contributed by atoms with Crippen LogP contribution in [0.25, 0.3) is 10.2 Å². The molecular formula is C16H14N2O3S. The van der Waals surface area contributed by atoms with E-state index in [1.165, 1.54) is 11.3 Å². The molecule has 6 heteroatoms. The summed E-state index contributed by atoms with van der Waals surface area (Å²) in [5, 5.41) is 3.33. The number of benzene rings is 2. The Bertz CT molecular complexity index is 815. The monoisotopic (exact) mass is 314 g/mol. The van der Waals surface area contributed by atoms with Gasteiger partial charge in [-0.3, -0.25) is 10.1 Å². The van der Waals surface area contributed by atoms with Crippen LogP contribution in [0.2, 0.25) is 0 Å². The number of methoxy groups -OCH3 is 2. The fraction of sp³-hybridized carbons (Fsp3) is 0.125. The summed E-state index contributed by atoms with van der Waals surface area (Å²) in [6, 6.07) is 12.6. The highest BCUT2D eigenvalue weighted by molar-refractivity contribution is 7.22. The first-order chi connectivity index (χ1) is 10.7. The van der Waals surface area contributed by atoms with Crippen LogP contribution >= 0.6 is 11.3 Å². The number of anilines is 1. The maximum absolute atomic E-state index is 12.2. The van der Waals surface area contributed by atoms with E-state index in [1.54, 1.807) is 32.4 Å². The van der Waals surface area contributed by atoms with Crippen molar-refractivity contribution in [3.05, 3.63) is 48.0 Å².